The van der Waals surface area contributed by atoms with Crippen LogP contribution in [0.2, 0.25) is 0 Å². The summed E-state index contributed by atoms with van der Waals surface area (Å²) in [5.41, 5.74) is -7.75. The smallest absolute Gasteiger partial charge is 0.417 e. The number of carbonyl (C=O) groups excluding carboxylic acids is 3. The van der Waals surface area contributed by atoms with Crippen molar-refractivity contribution < 1.29 is 42.1 Å². The van der Waals surface area contributed by atoms with E-state index in [1.54, 1.807) is 0 Å². The number of methoxy groups -OCH3 is 1. The maximum Gasteiger partial charge on any atom is 0.417 e. The van der Waals surface area contributed by atoms with E-state index in [2.05, 4.69) is 4.74 Å². The van der Waals surface area contributed by atoms with Crippen molar-refractivity contribution in [1.82, 2.24) is 0 Å². The number of nitrogens with zero attached hydrogens (tertiary/aromatic N) is 2. The minimum Gasteiger partial charge on any atom is -0.467 e. The van der Waals surface area contributed by atoms with E-state index in [0.29, 0.717) is 11.0 Å². The molecule has 2 bridgehead atoms. The molecule has 4 rings (SSSR count). The summed E-state index contributed by atoms with van der Waals surface area (Å²) in [5, 5.41) is 20.0. The molecule has 0 aromatic heterocycles. The molecule has 3 aliphatic rings. The Morgan fingerprint density at radius 1 is 1.29 bits per heavy atom. The second kappa shape index (κ2) is 6.05. The molecule has 0 saturated carbocycles. The molecular weight excluding hydrogens is 421 g/mol. The zero-order chi connectivity index (χ0) is 23.1. The summed E-state index contributed by atoms with van der Waals surface area (Å²) in [6.45, 7) is 2.78. The highest BCUT2D eigenvalue weighted by Gasteiger charge is 2.82. The monoisotopic (exact) mass is 438 g/mol. The van der Waals surface area contributed by atoms with Gasteiger partial charge in [-0.25, -0.2) is 9.69 Å². The summed E-state index contributed by atoms with van der Waals surface area (Å²) in [7, 11) is 1.05. The third kappa shape index (κ3) is 2.46. The summed E-state index contributed by atoms with van der Waals surface area (Å²) in [6, 6.07) is 3.96. The number of carbonyl (C=O) groups is 3. The molecule has 8 nitrogen and oxygen atoms in total. The zero-order valence-electron chi connectivity index (χ0n) is 16.6. The number of benzene rings is 1. The minimum absolute atomic E-state index is 0.321. The van der Waals surface area contributed by atoms with Crippen molar-refractivity contribution in [2.75, 3.05) is 12.0 Å². The van der Waals surface area contributed by atoms with Gasteiger partial charge >= 0.3 is 12.1 Å². The fourth-order valence-electron chi connectivity index (χ4n) is 5.32. The molecule has 164 valence electrons. The molecule has 2 unspecified atom stereocenters. The van der Waals surface area contributed by atoms with Crippen LogP contribution in [-0.4, -0.2) is 46.8 Å². The number of nitriles is 1. The quantitative estimate of drug-likeness (QED) is 0.550. The number of fused-ring (bicyclic) bond motifs is 5. The molecule has 1 N–H and O–H groups in total. The number of amides is 2. The van der Waals surface area contributed by atoms with Crippen molar-refractivity contribution in [2.24, 2.45) is 11.8 Å². The molecule has 11 heteroatoms. The Labute approximate surface area is 174 Å². The molecular formula is C20H17F3N2O6. The number of ether oxygens (including phenoxy) is 2. The third-order valence-corrected chi connectivity index (χ3v) is 6.64. The molecule has 3 saturated heterocycles. The van der Waals surface area contributed by atoms with E-state index >= 15 is 0 Å². The summed E-state index contributed by atoms with van der Waals surface area (Å²) in [5.74, 6) is -5.16. The Hall–Kier alpha value is -2.97. The SMILES string of the molecule is COC(=O)[C@]1(O)CC2(C)OC1(C)[C@@H]1C(=O)N(c3ccc(C#N)c(C(F)(F)F)c3)C(=O)[C@@H]12. The standard InChI is InChI=1S/C20H17F3N2O6/c1-17-8-19(29,16(28)30-3)18(2,31-17)13-12(17)14(26)25(15(13)27)10-5-4-9(7-24)11(6-10)20(21,22)23/h4-6,12-13,29H,8H2,1-3H3/t12-,13+,17?,18?,19-/m1/s1. The topological polar surface area (TPSA) is 117 Å². The van der Waals surface area contributed by atoms with Gasteiger partial charge in [-0.1, -0.05) is 0 Å². The molecule has 3 heterocycles. The van der Waals surface area contributed by atoms with Crippen LogP contribution >= 0.6 is 0 Å². The summed E-state index contributed by atoms with van der Waals surface area (Å²) >= 11 is 0. The first-order valence-corrected chi connectivity index (χ1v) is 9.25. The van der Waals surface area contributed by atoms with Gasteiger partial charge < -0.3 is 14.6 Å². The molecule has 0 spiro atoms. The van der Waals surface area contributed by atoms with Gasteiger partial charge in [-0.3, -0.25) is 9.59 Å². The number of aliphatic hydroxyl groups is 1. The Bertz CT molecular complexity index is 1080. The van der Waals surface area contributed by atoms with Crippen LogP contribution in [0.15, 0.2) is 18.2 Å². The van der Waals surface area contributed by atoms with Crippen molar-refractivity contribution >= 4 is 23.5 Å². The second-order valence-electron chi connectivity index (χ2n) is 8.36. The third-order valence-electron chi connectivity index (χ3n) is 6.64. The number of rotatable bonds is 2. The van der Waals surface area contributed by atoms with Crippen LogP contribution in [0.1, 0.15) is 31.4 Å². The van der Waals surface area contributed by atoms with E-state index in [1.165, 1.54) is 19.9 Å². The number of hydrogen-bond acceptors (Lipinski definition) is 7. The lowest BCUT2D eigenvalue weighted by Gasteiger charge is -2.40. The van der Waals surface area contributed by atoms with Gasteiger partial charge in [-0.2, -0.15) is 18.4 Å². The van der Waals surface area contributed by atoms with E-state index in [0.717, 1.165) is 19.2 Å². The molecule has 31 heavy (non-hydrogen) atoms. The van der Waals surface area contributed by atoms with Gasteiger partial charge in [0.05, 0.1) is 47.4 Å². The molecule has 3 fully saturated rings. The normalized spacial score (nSPS) is 36.5. The average molecular weight is 438 g/mol. The number of alkyl halides is 3. The summed E-state index contributed by atoms with van der Waals surface area (Å²) < 4.78 is 50.6. The summed E-state index contributed by atoms with van der Waals surface area (Å²) in [6.07, 6.45) is -5.20. The fourth-order valence-corrected chi connectivity index (χ4v) is 5.32. The Balaban J connectivity index is 1.82. The molecule has 0 aliphatic carbocycles. The fraction of sp³-hybridized carbons (Fsp3) is 0.500. The highest BCUT2D eigenvalue weighted by atomic mass is 19.4. The van der Waals surface area contributed by atoms with E-state index in [1.807, 2.05) is 0 Å². The Morgan fingerprint density at radius 2 is 1.90 bits per heavy atom. The minimum atomic E-state index is -4.88. The van der Waals surface area contributed by atoms with Crippen molar-refractivity contribution in [2.45, 2.75) is 43.2 Å². The Morgan fingerprint density at radius 3 is 2.45 bits per heavy atom. The maximum atomic E-state index is 13.4. The predicted octanol–water partition coefficient (Wildman–Crippen LogP) is 1.54. The molecule has 5 atom stereocenters. The van der Waals surface area contributed by atoms with Crippen molar-refractivity contribution in [3.8, 4) is 6.07 Å². The van der Waals surface area contributed by atoms with E-state index < -0.39 is 63.7 Å². The lowest BCUT2D eigenvalue weighted by atomic mass is 9.61. The van der Waals surface area contributed by atoms with Crippen molar-refractivity contribution in [3.05, 3.63) is 29.3 Å². The van der Waals surface area contributed by atoms with Crippen LogP contribution < -0.4 is 4.90 Å². The number of halogens is 3. The van der Waals surface area contributed by atoms with Gasteiger partial charge in [0.2, 0.25) is 11.8 Å². The van der Waals surface area contributed by atoms with Crippen molar-refractivity contribution in [3.63, 3.8) is 0 Å². The van der Waals surface area contributed by atoms with E-state index in [9.17, 15) is 32.7 Å². The highest BCUT2D eigenvalue weighted by molar-refractivity contribution is 6.23. The largest absolute Gasteiger partial charge is 0.467 e. The van der Waals surface area contributed by atoms with Gasteiger partial charge in [0.15, 0.2) is 5.60 Å². The first kappa shape index (κ1) is 21.3. The molecule has 1 aromatic rings. The number of hydrogen-bond donors (Lipinski definition) is 1. The predicted molar refractivity (Wildman–Crippen MR) is 95.1 cm³/mol. The van der Waals surface area contributed by atoms with Crippen LogP contribution in [0.25, 0.3) is 0 Å². The van der Waals surface area contributed by atoms with E-state index in [-0.39, 0.29) is 12.1 Å². The van der Waals surface area contributed by atoms with Crippen LogP contribution in [0, 0.1) is 23.2 Å². The lowest BCUT2D eigenvalue weighted by molar-refractivity contribution is -0.185. The highest BCUT2D eigenvalue weighted by Crippen LogP contribution is 2.65. The first-order valence-electron chi connectivity index (χ1n) is 9.25. The zero-order valence-corrected chi connectivity index (χ0v) is 16.6. The molecule has 0 radical (unpaired) electrons. The Kier molecular flexibility index (Phi) is 4.15. The van der Waals surface area contributed by atoms with Crippen molar-refractivity contribution in [1.29, 1.82) is 5.26 Å². The number of anilines is 1. The maximum absolute atomic E-state index is 13.4. The van der Waals surface area contributed by atoms with Gasteiger partial charge in [-0.15, -0.1) is 0 Å². The van der Waals surface area contributed by atoms with Crippen LogP contribution in [0.4, 0.5) is 18.9 Å². The molecule has 2 amide bonds. The van der Waals surface area contributed by atoms with Gasteiger partial charge in [-0.05, 0) is 32.0 Å². The lowest BCUT2D eigenvalue weighted by Crippen LogP contribution is -2.62. The van der Waals surface area contributed by atoms with Crippen LogP contribution in [0.5, 0.6) is 0 Å². The first-order chi connectivity index (χ1) is 14.2. The number of esters is 1. The van der Waals surface area contributed by atoms with Gasteiger partial charge in [0.25, 0.3) is 0 Å². The van der Waals surface area contributed by atoms with Gasteiger partial charge in [0, 0.05) is 6.42 Å². The van der Waals surface area contributed by atoms with Gasteiger partial charge in [0.1, 0.15) is 5.60 Å². The van der Waals surface area contributed by atoms with E-state index in [4.69, 9.17) is 10.00 Å². The molecule has 3 aliphatic heterocycles. The number of imide groups is 1. The average Bonchev–Trinajstić information content (AvgIpc) is 3.19. The second-order valence-corrected chi connectivity index (χ2v) is 8.36. The van der Waals surface area contributed by atoms with Crippen LogP contribution in [-0.2, 0) is 30.0 Å². The molecule has 1 aromatic carbocycles. The van der Waals surface area contributed by atoms with Crippen LogP contribution in [0.3, 0.4) is 0 Å². The summed E-state index contributed by atoms with van der Waals surface area (Å²) in [4.78, 5) is 39.4.